The molecule has 5 heteroatoms. The van der Waals surface area contributed by atoms with Crippen LogP contribution in [0.15, 0.2) is 61.6 Å². The fraction of sp³-hybridized carbons (Fsp3) is 0.571. The molecule has 0 bridgehead atoms. The molecule has 0 atom stereocenters. The summed E-state index contributed by atoms with van der Waals surface area (Å²) in [6, 6.07) is 14.5. The summed E-state index contributed by atoms with van der Waals surface area (Å²) in [7, 11) is 0. The zero-order chi connectivity index (χ0) is 23.7. The highest BCUT2D eigenvalue weighted by Crippen LogP contribution is 2.30. The van der Waals surface area contributed by atoms with E-state index in [4.69, 9.17) is 0 Å². The van der Waals surface area contributed by atoms with Crippen LogP contribution < -0.4 is 4.90 Å². The van der Waals surface area contributed by atoms with Crippen molar-refractivity contribution >= 4 is 48.9 Å². The SMILES string of the molecule is CCCCCCCCN(CCCCCCCC)c1ccc(N=Nc2cc(Br)ccc2Br)cc1. The van der Waals surface area contributed by atoms with Gasteiger partial charge in [0.05, 0.1) is 5.69 Å². The lowest BCUT2D eigenvalue weighted by Crippen LogP contribution is -2.25. The van der Waals surface area contributed by atoms with E-state index >= 15 is 0 Å². The van der Waals surface area contributed by atoms with Crippen LogP contribution >= 0.6 is 31.9 Å². The molecule has 0 saturated heterocycles. The average molecular weight is 579 g/mol. The Morgan fingerprint density at radius 3 is 1.76 bits per heavy atom. The Morgan fingerprint density at radius 2 is 1.18 bits per heavy atom. The highest BCUT2D eigenvalue weighted by molar-refractivity contribution is 9.11. The summed E-state index contributed by atoms with van der Waals surface area (Å²) in [6.07, 6.45) is 16.1. The molecule has 33 heavy (non-hydrogen) atoms. The summed E-state index contributed by atoms with van der Waals surface area (Å²) >= 11 is 7.04. The van der Waals surface area contributed by atoms with E-state index in [1.54, 1.807) is 0 Å². The third-order valence-corrected chi connectivity index (χ3v) is 7.12. The van der Waals surface area contributed by atoms with E-state index in [9.17, 15) is 0 Å². The number of rotatable bonds is 17. The van der Waals surface area contributed by atoms with Crippen LogP contribution in [0.3, 0.4) is 0 Å². The summed E-state index contributed by atoms with van der Waals surface area (Å²) in [6.45, 7) is 6.85. The maximum Gasteiger partial charge on any atom is 0.101 e. The van der Waals surface area contributed by atoms with Crippen molar-refractivity contribution in [1.29, 1.82) is 0 Å². The van der Waals surface area contributed by atoms with E-state index in [1.165, 1.54) is 82.7 Å². The molecule has 182 valence electrons. The van der Waals surface area contributed by atoms with E-state index in [2.05, 4.69) is 85.1 Å². The highest BCUT2D eigenvalue weighted by Gasteiger charge is 2.07. The maximum absolute atomic E-state index is 4.44. The fourth-order valence-corrected chi connectivity index (χ4v) is 4.62. The molecule has 0 aliphatic heterocycles. The van der Waals surface area contributed by atoms with Crippen molar-refractivity contribution in [3.8, 4) is 0 Å². The quantitative estimate of drug-likeness (QED) is 0.135. The Balaban J connectivity index is 1.94. The van der Waals surface area contributed by atoms with Crippen LogP contribution in [0.4, 0.5) is 17.1 Å². The topological polar surface area (TPSA) is 28.0 Å². The molecule has 0 aromatic heterocycles. The molecule has 0 saturated carbocycles. The number of benzene rings is 2. The predicted molar refractivity (Wildman–Crippen MR) is 151 cm³/mol. The zero-order valence-corrected chi connectivity index (χ0v) is 23.7. The van der Waals surface area contributed by atoms with E-state index in [-0.39, 0.29) is 0 Å². The first-order valence-corrected chi connectivity index (χ1v) is 14.4. The second kappa shape index (κ2) is 17.3. The molecule has 0 radical (unpaired) electrons. The summed E-state index contributed by atoms with van der Waals surface area (Å²) in [5.41, 5.74) is 3.01. The molecular formula is C28H41Br2N3. The first-order valence-electron chi connectivity index (χ1n) is 12.9. The third-order valence-electron chi connectivity index (χ3n) is 5.96. The van der Waals surface area contributed by atoms with Crippen molar-refractivity contribution in [3.63, 3.8) is 0 Å². The van der Waals surface area contributed by atoms with Gasteiger partial charge in [0.25, 0.3) is 0 Å². The number of anilines is 1. The lowest BCUT2D eigenvalue weighted by Gasteiger charge is -2.25. The van der Waals surface area contributed by atoms with Crippen LogP contribution in [-0.4, -0.2) is 13.1 Å². The fourth-order valence-electron chi connectivity index (χ4n) is 3.94. The monoisotopic (exact) mass is 577 g/mol. The van der Waals surface area contributed by atoms with Gasteiger partial charge in [0.1, 0.15) is 5.69 Å². The largest absolute Gasteiger partial charge is 0.372 e. The Kier molecular flexibility index (Phi) is 14.7. The molecule has 0 N–H and O–H groups in total. The predicted octanol–water partition coefficient (Wildman–Crippen LogP) is 11.2. The number of azo groups is 1. The van der Waals surface area contributed by atoms with Crippen molar-refractivity contribution in [1.82, 2.24) is 0 Å². The number of unbranched alkanes of at least 4 members (excludes halogenated alkanes) is 10. The van der Waals surface area contributed by atoms with Crippen LogP contribution in [-0.2, 0) is 0 Å². The van der Waals surface area contributed by atoms with Crippen molar-refractivity contribution in [2.24, 2.45) is 10.2 Å². The maximum atomic E-state index is 4.44. The van der Waals surface area contributed by atoms with Crippen molar-refractivity contribution in [2.75, 3.05) is 18.0 Å². The molecule has 2 aromatic carbocycles. The highest BCUT2D eigenvalue weighted by atomic mass is 79.9. The lowest BCUT2D eigenvalue weighted by molar-refractivity contribution is 0.575. The molecule has 0 aliphatic carbocycles. The van der Waals surface area contributed by atoms with Gasteiger partial charge in [0.2, 0.25) is 0 Å². The molecule has 0 amide bonds. The molecule has 2 rings (SSSR count). The van der Waals surface area contributed by atoms with E-state index in [1.807, 2.05) is 18.2 Å². The number of hydrogen-bond donors (Lipinski definition) is 0. The van der Waals surface area contributed by atoms with Crippen LogP contribution in [0.1, 0.15) is 90.9 Å². The van der Waals surface area contributed by atoms with Gasteiger partial charge in [-0.15, -0.1) is 5.11 Å². The molecule has 0 heterocycles. The summed E-state index contributed by atoms with van der Waals surface area (Å²) < 4.78 is 1.94. The molecule has 0 aliphatic rings. The minimum absolute atomic E-state index is 0.821. The van der Waals surface area contributed by atoms with Crippen molar-refractivity contribution in [2.45, 2.75) is 90.9 Å². The van der Waals surface area contributed by atoms with Gasteiger partial charge in [-0.2, -0.15) is 5.11 Å². The van der Waals surface area contributed by atoms with Crippen molar-refractivity contribution in [3.05, 3.63) is 51.4 Å². The van der Waals surface area contributed by atoms with E-state index in [0.717, 1.165) is 33.4 Å². The van der Waals surface area contributed by atoms with Crippen LogP contribution in [0.2, 0.25) is 0 Å². The Morgan fingerprint density at radius 1 is 0.636 bits per heavy atom. The molecule has 2 aromatic rings. The first-order chi connectivity index (χ1) is 16.1. The van der Waals surface area contributed by atoms with Gasteiger partial charge in [-0.3, -0.25) is 0 Å². The van der Waals surface area contributed by atoms with Gasteiger partial charge in [0.15, 0.2) is 0 Å². The summed E-state index contributed by atoms with van der Waals surface area (Å²) in [4.78, 5) is 2.57. The summed E-state index contributed by atoms with van der Waals surface area (Å²) in [5, 5.41) is 8.86. The summed E-state index contributed by atoms with van der Waals surface area (Å²) in [5.74, 6) is 0. The van der Waals surface area contributed by atoms with Gasteiger partial charge < -0.3 is 4.90 Å². The van der Waals surface area contributed by atoms with Gasteiger partial charge in [0, 0.05) is 27.7 Å². The number of nitrogens with zero attached hydrogens (tertiary/aromatic N) is 3. The second-order valence-corrected chi connectivity index (χ2v) is 10.6. The molecule has 3 nitrogen and oxygen atoms in total. The number of halogens is 2. The van der Waals surface area contributed by atoms with Gasteiger partial charge in [-0.05, 0) is 71.2 Å². The Labute approximate surface area is 218 Å². The number of hydrogen-bond acceptors (Lipinski definition) is 3. The molecule has 0 unspecified atom stereocenters. The average Bonchev–Trinajstić information content (AvgIpc) is 2.83. The lowest BCUT2D eigenvalue weighted by atomic mass is 10.1. The van der Waals surface area contributed by atoms with E-state index in [0.29, 0.717) is 0 Å². The van der Waals surface area contributed by atoms with Crippen LogP contribution in [0.25, 0.3) is 0 Å². The smallest absolute Gasteiger partial charge is 0.101 e. The second-order valence-electron chi connectivity index (χ2n) is 8.83. The standard InChI is InChI=1S/C28H41Br2N3/c1-3-5-7-9-11-13-21-33(22-14-12-10-8-6-4-2)26-18-16-25(17-19-26)31-32-28-23-24(29)15-20-27(28)30/h15-20,23H,3-14,21-22H2,1-2H3. The molecule has 0 fully saturated rings. The molecular weight excluding hydrogens is 538 g/mol. The Bertz CT molecular complexity index is 789. The normalized spacial score (nSPS) is 11.4. The van der Waals surface area contributed by atoms with Gasteiger partial charge >= 0.3 is 0 Å². The first kappa shape index (κ1) is 28.0. The minimum Gasteiger partial charge on any atom is -0.372 e. The van der Waals surface area contributed by atoms with Gasteiger partial charge in [-0.1, -0.05) is 94.0 Å². The van der Waals surface area contributed by atoms with Crippen LogP contribution in [0.5, 0.6) is 0 Å². The Hall–Kier alpha value is -1.20. The minimum atomic E-state index is 0.821. The van der Waals surface area contributed by atoms with E-state index < -0.39 is 0 Å². The van der Waals surface area contributed by atoms with Crippen molar-refractivity contribution < 1.29 is 0 Å². The van der Waals surface area contributed by atoms with Gasteiger partial charge in [-0.25, -0.2) is 0 Å². The third kappa shape index (κ3) is 11.7. The van der Waals surface area contributed by atoms with Crippen LogP contribution in [0, 0.1) is 0 Å². The molecule has 0 spiro atoms. The zero-order valence-electron chi connectivity index (χ0n) is 20.5.